The Morgan fingerprint density at radius 3 is 2.22 bits per heavy atom. The highest BCUT2D eigenvalue weighted by atomic mass is 32.2. The maximum absolute atomic E-state index is 12.5. The number of carbonyl (C=O) groups is 2. The number of thioether (sulfide) groups is 1. The van der Waals surface area contributed by atoms with Crippen LogP contribution >= 0.6 is 11.8 Å². The Balaban J connectivity index is 1.53. The summed E-state index contributed by atoms with van der Waals surface area (Å²) in [7, 11) is 1.30. The summed E-state index contributed by atoms with van der Waals surface area (Å²) in [6.45, 7) is 0. The van der Waals surface area contributed by atoms with Gasteiger partial charge in [-0.3, -0.25) is 4.79 Å². The van der Waals surface area contributed by atoms with Crippen molar-refractivity contribution in [3.8, 4) is 22.6 Å². The van der Waals surface area contributed by atoms with E-state index in [1.54, 1.807) is 24.3 Å². The zero-order chi connectivity index (χ0) is 22.3. The van der Waals surface area contributed by atoms with E-state index in [-0.39, 0.29) is 11.7 Å². The molecular weight excluding hydrogens is 424 g/mol. The van der Waals surface area contributed by atoms with E-state index < -0.39 is 5.97 Å². The van der Waals surface area contributed by atoms with Crippen LogP contribution in [0.5, 0.6) is 0 Å². The van der Waals surface area contributed by atoms with Gasteiger partial charge in [0.1, 0.15) is 5.69 Å². The number of hydrogen-bond donors (Lipinski definition) is 1. The Bertz CT molecular complexity index is 1170. The molecule has 0 fully saturated rings. The minimum Gasteiger partial charge on any atom is -0.465 e. The molecule has 0 spiro atoms. The lowest BCUT2D eigenvalue weighted by molar-refractivity contribution is -0.113. The molecule has 4 rings (SSSR count). The average molecular weight is 445 g/mol. The van der Waals surface area contributed by atoms with Crippen molar-refractivity contribution in [1.29, 1.82) is 0 Å². The maximum Gasteiger partial charge on any atom is 0.339 e. The van der Waals surface area contributed by atoms with Crippen LogP contribution in [-0.4, -0.2) is 29.7 Å². The number of nitrogens with one attached hydrogen (secondary N) is 1. The van der Waals surface area contributed by atoms with Crippen molar-refractivity contribution >= 4 is 29.3 Å². The van der Waals surface area contributed by atoms with E-state index in [4.69, 9.17) is 9.15 Å². The van der Waals surface area contributed by atoms with Crippen LogP contribution in [0, 0.1) is 0 Å². The fourth-order valence-electron chi connectivity index (χ4n) is 3.13. The van der Waals surface area contributed by atoms with Crippen molar-refractivity contribution in [2.24, 2.45) is 0 Å². The topological polar surface area (TPSA) is 81.4 Å². The number of oxazole rings is 1. The fraction of sp³-hybridized carbons (Fsp3) is 0.0800. The van der Waals surface area contributed by atoms with Crippen molar-refractivity contribution in [2.75, 3.05) is 18.2 Å². The fourth-order valence-corrected chi connectivity index (χ4v) is 3.76. The molecule has 0 unspecified atom stereocenters. The average Bonchev–Trinajstić information content (AvgIpc) is 3.28. The van der Waals surface area contributed by atoms with Crippen LogP contribution in [0.2, 0.25) is 0 Å². The van der Waals surface area contributed by atoms with E-state index in [2.05, 4.69) is 10.3 Å². The number of nitrogens with zero attached hydrogens (tertiary/aromatic N) is 1. The summed E-state index contributed by atoms with van der Waals surface area (Å²) in [6, 6.07) is 26.2. The Labute approximate surface area is 189 Å². The number of benzene rings is 3. The lowest BCUT2D eigenvalue weighted by atomic mass is 10.1. The molecule has 6 nitrogen and oxygen atoms in total. The smallest absolute Gasteiger partial charge is 0.339 e. The van der Waals surface area contributed by atoms with Gasteiger partial charge in [-0.2, -0.15) is 0 Å². The largest absolute Gasteiger partial charge is 0.465 e. The highest BCUT2D eigenvalue weighted by Gasteiger charge is 2.19. The molecule has 32 heavy (non-hydrogen) atoms. The number of methoxy groups -OCH3 is 1. The van der Waals surface area contributed by atoms with Gasteiger partial charge in [-0.25, -0.2) is 9.78 Å². The second-order valence-corrected chi connectivity index (χ2v) is 7.69. The minimum absolute atomic E-state index is 0.0679. The molecule has 0 radical (unpaired) electrons. The van der Waals surface area contributed by atoms with E-state index in [1.165, 1.54) is 18.9 Å². The maximum atomic E-state index is 12.5. The lowest BCUT2D eigenvalue weighted by Gasteiger charge is -2.08. The zero-order valence-corrected chi connectivity index (χ0v) is 18.1. The number of anilines is 1. The van der Waals surface area contributed by atoms with Gasteiger partial charge in [0, 0.05) is 11.1 Å². The predicted octanol–water partition coefficient (Wildman–Crippen LogP) is 5.53. The number of esters is 1. The molecule has 1 aromatic heterocycles. The van der Waals surface area contributed by atoms with Crippen molar-refractivity contribution in [3.63, 3.8) is 0 Å². The molecule has 1 heterocycles. The highest BCUT2D eigenvalue weighted by Crippen LogP contribution is 2.35. The SMILES string of the molecule is COC(=O)c1ccccc1NC(=O)CSc1nc(-c2ccccc2)c(-c2ccccc2)o1. The molecule has 0 aliphatic rings. The molecule has 0 atom stereocenters. The van der Waals surface area contributed by atoms with Gasteiger partial charge in [0.25, 0.3) is 5.22 Å². The minimum atomic E-state index is -0.513. The third kappa shape index (κ3) is 4.90. The number of rotatable bonds is 7. The van der Waals surface area contributed by atoms with E-state index in [0.717, 1.165) is 16.8 Å². The number of aromatic nitrogens is 1. The van der Waals surface area contributed by atoms with Crippen LogP contribution in [-0.2, 0) is 9.53 Å². The number of carbonyl (C=O) groups excluding carboxylic acids is 2. The molecule has 7 heteroatoms. The number of amides is 1. The van der Waals surface area contributed by atoms with Gasteiger partial charge in [-0.15, -0.1) is 0 Å². The third-order valence-corrected chi connectivity index (χ3v) is 5.45. The van der Waals surface area contributed by atoms with Crippen LogP contribution in [0.3, 0.4) is 0 Å². The lowest BCUT2D eigenvalue weighted by Crippen LogP contribution is -2.17. The second-order valence-electron chi connectivity index (χ2n) is 6.76. The van der Waals surface area contributed by atoms with Crippen molar-refractivity contribution < 1.29 is 18.7 Å². The van der Waals surface area contributed by atoms with Crippen LogP contribution in [0.4, 0.5) is 5.69 Å². The van der Waals surface area contributed by atoms with Crippen molar-refractivity contribution in [3.05, 3.63) is 90.5 Å². The molecular formula is C25H20N2O4S. The van der Waals surface area contributed by atoms with Gasteiger partial charge in [0.15, 0.2) is 5.76 Å². The highest BCUT2D eigenvalue weighted by molar-refractivity contribution is 7.99. The van der Waals surface area contributed by atoms with Crippen LogP contribution in [0.15, 0.2) is 94.6 Å². The third-order valence-electron chi connectivity index (χ3n) is 4.62. The number of hydrogen-bond acceptors (Lipinski definition) is 6. The van der Waals surface area contributed by atoms with Gasteiger partial charge < -0.3 is 14.5 Å². The summed E-state index contributed by atoms with van der Waals surface area (Å²) in [5.74, 6) is -0.0811. The molecule has 3 aromatic carbocycles. The van der Waals surface area contributed by atoms with E-state index in [9.17, 15) is 9.59 Å². The monoisotopic (exact) mass is 444 g/mol. The Hall–Kier alpha value is -3.84. The van der Waals surface area contributed by atoms with E-state index in [1.807, 2.05) is 60.7 Å². The van der Waals surface area contributed by atoms with Gasteiger partial charge in [0.2, 0.25) is 5.91 Å². The first-order chi connectivity index (χ1) is 15.7. The van der Waals surface area contributed by atoms with Crippen LogP contribution < -0.4 is 5.32 Å². The number of ether oxygens (including phenoxy) is 1. The standard InChI is InChI=1S/C25H20N2O4S/c1-30-24(29)19-14-8-9-15-20(19)26-21(28)16-32-25-27-22(17-10-4-2-5-11-17)23(31-25)18-12-6-3-7-13-18/h2-15H,16H2,1H3,(H,26,28). The Kier molecular flexibility index (Phi) is 6.67. The van der Waals surface area contributed by atoms with E-state index >= 15 is 0 Å². The van der Waals surface area contributed by atoms with Crippen LogP contribution in [0.25, 0.3) is 22.6 Å². The Morgan fingerprint density at radius 1 is 0.906 bits per heavy atom. The molecule has 160 valence electrons. The van der Waals surface area contributed by atoms with Gasteiger partial charge in [-0.05, 0) is 12.1 Å². The summed E-state index contributed by atoms with van der Waals surface area (Å²) >= 11 is 1.19. The van der Waals surface area contributed by atoms with Crippen molar-refractivity contribution in [1.82, 2.24) is 4.98 Å². The van der Waals surface area contributed by atoms with Gasteiger partial charge in [0.05, 0.1) is 24.1 Å². The summed E-state index contributed by atoms with van der Waals surface area (Å²) in [5, 5.41) is 3.14. The van der Waals surface area contributed by atoms with Gasteiger partial charge >= 0.3 is 5.97 Å². The first kappa shape index (κ1) is 21.4. The first-order valence-corrected chi connectivity index (χ1v) is 10.9. The molecule has 0 bridgehead atoms. The van der Waals surface area contributed by atoms with Crippen LogP contribution in [0.1, 0.15) is 10.4 Å². The molecule has 0 saturated carbocycles. The van der Waals surface area contributed by atoms with E-state index in [0.29, 0.717) is 22.2 Å². The molecule has 4 aromatic rings. The summed E-state index contributed by atoms with van der Waals surface area (Å²) < 4.78 is 10.8. The molecule has 0 aliphatic carbocycles. The first-order valence-electron chi connectivity index (χ1n) is 9.87. The quantitative estimate of drug-likeness (QED) is 0.298. The molecule has 1 N–H and O–H groups in total. The second kappa shape index (κ2) is 9.98. The Morgan fingerprint density at radius 2 is 1.53 bits per heavy atom. The summed E-state index contributed by atoms with van der Waals surface area (Å²) in [6.07, 6.45) is 0. The van der Waals surface area contributed by atoms with Gasteiger partial charge in [-0.1, -0.05) is 84.6 Å². The summed E-state index contributed by atoms with van der Waals surface area (Å²) in [4.78, 5) is 29.1. The molecule has 0 aliphatic heterocycles. The molecule has 1 amide bonds. The molecule has 0 saturated heterocycles. The normalized spacial score (nSPS) is 10.5. The predicted molar refractivity (Wildman–Crippen MR) is 125 cm³/mol. The summed E-state index contributed by atoms with van der Waals surface area (Å²) in [5.41, 5.74) is 3.24. The zero-order valence-electron chi connectivity index (χ0n) is 17.3. The number of para-hydroxylation sites is 1. The van der Waals surface area contributed by atoms with Crippen molar-refractivity contribution in [2.45, 2.75) is 5.22 Å².